The molecule has 3 rings (SSSR count). The second-order valence-electron chi connectivity index (χ2n) is 5.27. The van der Waals surface area contributed by atoms with Gasteiger partial charge in [0.2, 0.25) is 0 Å². The maximum atomic E-state index is 2.32. The third-order valence-corrected chi connectivity index (χ3v) is 4.10. The molecule has 0 fully saturated rings. The van der Waals surface area contributed by atoms with Crippen molar-refractivity contribution < 1.29 is 0 Å². The fraction of sp³-hybridized carbons (Fsp3) is 0.333. The minimum Gasteiger partial charge on any atom is -0.0836 e. The van der Waals surface area contributed by atoms with Crippen molar-refractivity contribution in [2.24, 2.45) is 0 Å². The molecule has 0 amide bonds. The van der Waals surface area contributed by atoms with Gasteiger partial charge >= 0.3 is 0 Å². The molecule has 0 N–H and O–H groups in total. The highest BCUT2D eigenvalue weighted by Crippen LogP contribution is 2.31. The standard InChI is InChI=1S/C18H20/c1-3-6-14-9-12-18-16(13(14)2)11-10-15-7-4-5-8-17(15)18/h5,8-12H,3-4,6-7H2,1-2H3. The molecule has 18 heavy (non-hydrogen) atoms. The van der Waals surface area contributed by atoms with E-state index in [0.29, 0.717) is 0 Å². The predicted molar refractivity (Wildman–Crippen MR) is 80.0 cm³/mol. The zero-order valence-electron chi connectivity index (χ0n) is 11.3. The van der Waals surface area contributed by atoms with Gasteiger partial charge in [0.25, 0.3) is 0 Å². The summed E-state index contributed by atoms with van der Waals surface area (Å²) in [6.07, 6.45) is 9.39. The Balaban J connectivity index is 2.26. The average molecular weight is 236 g/mol. The fourth-order valence-corrected chi connectivity index (χ4v) is 3.07. The Morgan fingerprint density at radius 2 is 1.89 bits per heavy atom. The summed E-state index contributed by atoms with van der Waals surface area (Å²) < 4.78 is 0. The van der Waals surface area contributed by atoms with Crippen LogP contribution in [0.2, 0.25) is 0 Å². The van der Waals surface area contributed by atoms with Crippen molar-refractivity contribution in [3.63, 3.8) is 0 Å². The molecule has 92 valence electrons. The summed E-state index contributed by atoms with van der Waals surface area (Å²) in [5, 5.41) is 2.87. The van der Waals surface area contributed by atoms with E-state index in [-0.39, 0.29) is 0 Å². The molecule has 0 saturated carbocycles. The van der Waals surface area contributed by atoms with E-state index in [1.165, 1.54) is 58.7 Å². The second-order valence-corrected chi connectivity index (χ2v) is 5.27. The molecule has 0 radical (unpaired) electrons. The summed E-state index contributed by atoms with van der Waals surface area (Å²) in [6.45, 7) is 4.52. The number of hydrogen-bond acceptors (Lipinski definition) is 0. The lowest BCUT2D eigenvalue weighted by Gasteiger charge is -2.16. The average Bonchev–Trinajstić information content (AvgIpc) is 2.42. The molecule has 0 aromatic heterocycles. The monoisotopic (exact) mass is 236 g/mol. The highest BCUT2D eigenvalue weighted by atomic mass is 14.1. The van der Waals surface area contributed by atoms with Crippen LogP contribution in [0.25, 0.3) is 16.8 Å². The van der Waals surface area contributed by atoms with Crippen LogP contribution in [0.5, 0.6) is 0 Å². The quantitative estimate of drug-likeness (QED) is 0.683. The van der Waals surface area contributed by atoms with Gasteiger partial charge in [-0.3, -0.25) is 0 Å². The maximum Gasteiger partial charge on any atom is -0.0106 e. The lowest BCUT2D eigenvalue weighted by Crippen LogP contribution is -1.97. The molecule has 1 aliphatic rings. The van der Waals surface area contributed by atoms with Gasteiger partial charge < -0.3 is 0 Å². The molecular weight excluding hydrogens is 216 g/mol. The first kappa shape index (κ1) is 11.5. The summed E-state index contributed by atoms with van der Waals surface area (Å²) in [5.41, 5.74) is 5.93. The summed E-state index contributed by atoms with van der Waals surface area (Å²) >= 11 is 0. The zero-order valence-corrected chi connectivity index (χ0v) is 11.3. The number of aryl methyl sites for hydroxylation is 3. The van der Waals surface area contributed by atoms with E-state index in [1.54, 1.807) is 0 Å². The van der Waals surface area contributed by atoms with Crippen LogP contribution in [-0.4, -0.2) is 0 Å². The van der Waals surface area contributed by atoms with Crippen molar-refractivity contribution in [1.82, 2.24) is 0 Å². The number of hydrogen-bond donors (Lipinski definition) is 0. The molecule has 0 bridgehead atoms. The molecule has 0 atom stereocenters. The topological polar surface area (TPSA) is 0 Å². The summed E-state index contributed by atoms with van der Waals surface area (Å²) in [7, 11) is 0. The van der Waals surface area contributed by atoms with E-state index in [2.05, 4.69) is 50.3 Å². The summed E-state index contributed by atoms with van der Waals surface area (Å²) in [6, 6.07) is 9.29. The van der Waals surface area contributed by atoms with E-state index in [1.807, 2.05) is 0 Å². The predicted octanol–water partition coefficient (Wildman–Crippen LogP) is 5.06. The second kappa shape index (κ2) is 4.61. The van der Waals surface area contributed by atoms with Crippen LogP contribution >= 0.6 is 0 Å². The van der Waals surface area contributed by atoms with Gasteiger partial charge in [0.1, 0.15) is 0 Å². The smallest absolute Gasteiger partial charge is 0.0106 e. The number of allylic oxidation sites excluding steroid dienone is 1. The van der Waals surface area contributed by atoms with E-state index < -0.39 is 0 Å². The van der Waals surface area contributed by atoms with Crippen LogP contribution in [0.4, 0.5) is 0 Å². The van der Waals surface area contributed by atoms with Gasteiger partial charge in [-0.2, -0.15) is 0 Å². The Morgan fingerprint density at radius 3 is 2.72 bits per heavy atom. The third kappa shape index (κ3) is 1.77. The minimum atomic E-state index is 1.19. The van der Waals surface area contributed by atoms with Gasteiger partial charge in [-0.05, 0) is 59.2 Å². The summed E-state index contributed by atoms with van der Waals surface area (Å²) in [5.74, 6) is 0. The van der Waals surface area contributed by atoms with Crippen molar-refractivity contribution in [3.8, 4) is 0 Å². The van der Waals surface area contributed by atoms with Gasteiger partial charge in [-0.1, -0.05) is 49.8 Å². The molecule has 2 aromatic rings. The molecule has 0 unspecified atom stereocenters. The van der Waals surface area contributed by atoms with Crippen molar-refractivity contribution >= 4 is 16.8 Å². The minimum absolute atomic E-state index is 1.19. The van der Waals surface area contributed by atoms with Gasteiger partial charge in [0, 0.05) is 0 Å². The van der Waals surface area contributed by atoms with Crippen molar-refractivity contribution in [1.29, 1.82) is 0 Å². The lowest BCUT2D eigenvalue weighted by atomic mass is 9.89. The first-order chi connectivity index (χ1) is 8.81. The van der Waals surface area contributed by atoms with E-state index in [0.717, 1.165) is 0 Å². The Kier molecular flexibility index (Phi) is 2.95. The first-order valence-electron chi connectivity index (χ1n) is 7.02. The molecule has 0 saturated heterocycles. The van der Waals surface area contributed by atoms with Gasteiger partial charge in [-0.15, -0.1) is 0 Å². The van der Waals surface area contributed by atoms with E-state index in [4.69, 9.17) is 0 Å². The Bertz CT molecular complexity index is 617. The molecule has 0 spiro atoms. The van der Waals surface area contributed by atoms with Crippen LogP contribution in [0.15, 0.2) is 30.3 Å². The molecule has 0 aliphatic heterocycles. The van der Waals surface area contributed by atoms with E-state index in [9.17, 15) is 0 Å². The van der Waals surface area contributed by atoms with Crippen LogP contribution in [0.3, 0.4) is 0 Å². The first-order valence-corrected chi connectivity index (χ1v) is 7.02. The van der Waals surface area contributed by atoms with Crippen molar-refractivity contribution in [2.75, 3.05) is 0 Å². The number of rotatable bonds is 2. The SMILES string of the molecule is CCCc1ccc2c3c(ccc2c1C)CCC=C3. The Morgan fingerprint density at radius 1 is 1.06 bits per heavy atom. The van der Waals surface area contributed by atoms with Gasteiger partial charge in [-0.25, -0.2) is 0 Å². The zero-order chi connectivity index (χ0) is 12.5. The number of benzene rings is 2. The van der Waals surface area contributed by atoms with Gasteiger partial charge in [0.15, 0.2) is 0 Å². The van der Waals surface area contributed by atoms with Gasteiger partial charge in [0.05, 0.1) is 0 Å². The van der Waals surface area contributed by atoms with Crippen LogP contribution < -0.4 is 0 Å². The molecular formula is C18H20. The highest BCUT2D eigenvalue weighted by Gasteiger charge is 2.10. The Labute approximate surface area is 109 Å². The van der Waals surface area contributed by atoms with Crippen LogP contribution in [-0.2, 0) is 12.8 Å². The van der Waals surface area contributed by atoms with Crippen LogP contribution in [0.1, 0.15) is 42.0 Å². The number of fused-ring (bicyclic) bond motifs is 3. The lowest BCUT2D eigenvalue weighted by molar-refractivity contribution is 0.915. The Hall–Kier alpha value is -1.56. The fourth-order valence-electron chi connectivity index (χ4n) is 3.07. The normalized spacial score (nSPS) is 13.9. The van der Waals surface area contributed by atoms with Crippen LogP contribution in [0, 0.1) is 6.92 Å². The maximum absolute atomic E-state index is 2.32. The molecule has 0 nitrogen and oxygen atoms in total. The summed E-state index contributed by atoms with van der Waals surface area (Å²) in [4.78, 5) is 0. The molecule has 0 heteroatoms. The third-order valence-electron chi connectivity index (χ3n) is 4.10. The largest absolute Gasteiger partial charge is 0.0836 e. The molecule has 1 aliphatic carbocycles. The molecule has 2 aromatic carbocycles. The highest BCUT2D eigenvalue weighted by molar-refractivity contribution is 5.95. The molecule has 0 heterocycles. The van der Waals surface area contributed by atoms with Crippen molar-refractivity contribution in [2.45, 2.75) is 39.5 Å². The van der Waals surface area contributed by atoms with E-state index >= 15 is 0 Å². The van der Waals surface area contributed by atoms with Crippen molar-refractivity contribution in [3.05, 3.63) is 52.6 Å².